The van der Waals surface area contributed by atoms with Crippen molar-refractivity contribution in [2.45, 2.75) is 39.5 Å². The van der Waals surface area contributed by atoms with Crippen LogP contribution in [0.5, 0.6) is 0 Å². The molecule has 0 heterocycles. The first-order valence-electron chi connectivity index (χ1n) is 6.52. The first-order valence-corrected chi connectivity index (χ1v) is 6.52. The Balaban J connectivity index is 3.02. The second-order valence-electron chi connectivity index (χ2n) is 6.25. The maximum Gasteiger partial charge on any atom is 0.323 e. The Kier molecular flexibility index (Phi) is 4.58. The van der Waals surface area contributed by atoms with Gasteiger partial charge in [0.25, 0.3) is 0 Å². The summed E-state index contributed by atoms with van der Waals surface area (Å²) in [4.78, 5) is 23.1. The van der Waals surface area contributed by atoms with Gasteiger partial charge in [0.05, 0.1) is 7.11 Å². The molecule has 0 aliphatic heterocycles. The smallest absolute Gasteiger partial charge is 0.323 e. The highest BCUT2D eigenvalue weighted by Gasteiger charge is 2.42. The van der Waals surface area contributed by atoms with Crippen molar-refractivity contribution in [3.63, 3.8) is 0 Å². The van der Waals surface area contributed by atoms with E-state index in [0.717, 1.165) is 11.1 Å². The van der Waals surface area contributed by atoms with Crippen molar-refractivity contribution in [2.75, 3.05) is 7.11 Å². The normalized spacial score (nSPS) is 14.4. The summed E-state index contributed by atoms with van der Waals surface area (Å²) in [6.45, 7) is 7.71. The summed E-state index contributed by atoms with van der Waals surface area (Å²) in [6.07, 6.45) is 0.111. The van der Waals surface area contributed by atoms with Crippen molar-refractivity contribution >= 4 is 11.9 Å². The molecule has 0 aliphatic carbocycles. The minimum Gasteiger partial charge on any atom is -0.480 e. The van der Waals surface area contributed by atoms with Gasteiger partial charge in [-0.25, -0.2) is 0 Å². The van der Waals surface area contributed by atoms with E-state index in [1.807, 2.05) is 24.3 Å². The van der Waals surface area contributed by atoms with E-state index in [1.54, 1.807) is 0 Å². The number of hydrogen-bond donors (Lipinski definition) is 1. The van der Waals surface area contributed by atoms with Gasteiger partial charge in [-0.1, -0.05) is 45.0 Å². The van der Waals surface area contributed by atoms with Crippen LogP contribution in [0.2, 0.25) is 0 Å². The van der Waals surface area contributed by atoms with Gasteiger partial charge in [-0.05, 0) is 29.9 Å². The molecule has 0 fully saturated rings. The lowest BCUT2D eigenvalue weighted by molar-refractivity contribution is -0.165. The average molecular weight is 278 g/mol. The van der Waals surface area contributed by atoms with Crippen LogP contribution in [0, 0.1) is 5.41 Å². The molecule has 0 spiro atoms. The summed E-state index contributed by atoms with van der Waals surface area (Å²) in [6, 6.07) is 7.67. The quantitative estimate of drug-likeness (QED) is 0.679. The van der Waals surface area contributed by atoms with Gasteiger partial charge in [0, 0.05) is 0 Å². The van der Waals surface area contributed by atoms with Crippen LogP contribution < -0.4 is 0 Å². The summed E-state index contributed by atoms with van der Waals surface area (Å²) < 4.78 is 4.61. The van der Waals surface area contributed by atoms with E-state index in [0.29, 0.717) is 0 Å². The van der Waals surface area contributed by atoms with Crippen LogP contribution in [0.15, 0.2) is 24.3 Å². The van der Waals surface area contributed by atoms with E-state index < -0.39 is 17.4 Å². The number of carboxylic acid groups (broad SMARTS) is 1. The third-order valence-electron chi connectivity index (χ3n) is 3.49. The van der Waals surface area contributed by atoms with Crippen LogP contribution in [0.1, 0.15) is 38.8 Å². The van der Waals surface area contributed by atoms with Crippen LogP contribution in [0.25, 0.3) is 0 Å². The van der Waals surface area contributed by atoms with E-state index >= 15 is 0 Å². The van der Waals surface area contributed by atoms with Crippen molar-refractivity contribution in [2.24, 2.45) is 5.41 Å². The van der Waals surface area contributed by atoms with E-state index in [4.69, 9.17) is 0 Å². The Hall–Kier alpha value is -1.84. The maximum atomic E-state index is 11.7. The highest BCUT2D eigenvalue weighted by atomic mass is 16.5. The number of carbonyl (C=O) groups is 2. The standard InChI is InChI=1S/C16H22O4/c1-15(2,3)12-8-6-11(7-9-12)10-16(4,13(17)18)14(19)20-5/h6-9H,10H2,1-5H3,(H,17,18). The van der Waals surface area contributed by atoms with Crippen LogP contribution in [0.3, 0.4) is 0 Å². The number of aliphatic carboxylic acids is 1. The lowest BCUT2D eigenvalue weighted by Gasteiger charge is -2.23. The first kappa shape index (κ1) is 16.2. The number of carbonyl (C=O) groups excluding carboxylic acids is 1. The highest BCUT2D eigenvalue weighted by Crippen LogP contribution is 2.27. The highest BCUT2D eigenvalue weighted by molar-refractivity contribution is 5.98. The molecule has 1 rings (SSSR count). The van der Waals surface area contributed by atoms with Crippen molar-refractivity contribution in [3.8, 4) is 0 Å². The Labute approximate surface area is 119 Å². The molecule has 0 saturated carbocycles. The molecule has 1 aromatic carbocycles. The predicted octanol–water partition coefficient (Wildman–Crippen LogP) is 2.79. The maximum absolute atomic E-state index is 11.7. The van der Waals surface area contributed by atoms with E-state index in [1.165, 1.54) is 14.0 Å². The molecule has 1 unspecified atom stereocenters. The van der Waals surface area contributed by atoms with E-state index in [-0.39, 0.29) is 11.8 Å². The number of benzene rings is 1. The number of methoxy groups -OCH3 is 1. The lowest BCUT2D eigenvalue weighted by atomic mass is 9.82. The number of carboxylic acids is 1. The Morgan fingerprint density at radius 2 is 1.60 bits per heavy atom. The zero-order chi connectivity index (χ0) is 15.6. The third kappa shape index (κ3) is 3.38. The Morgan fingerprint density at radius 3 is 1.95 bits per heavy atom. The van der Waals surface area contributed by atoms with Gasteiger partial charge >= 0.3 is 11.9 Å². The molecule has 1 N–H and O–H groups in total. The van der Waals surface area contributed by atoms with Gasteiger partial charge in [-0.2, -0.15) is 0 Å². The minimum absolute atomic E-state index is 0.0387. The van der Waals surface area contributed by atoms with E-state index in [9.17, 15) is 14.7 Å². The molecule has 0 radical (unpaired) electrons. The summed E-state index contributed by atoms with van der Waals surface area (Å²) in [5.41, 5.74) is 0.444. The SMILES string of the molecule is COC(=O)C(C)(Cc1ccc(C(C)(C)C)cc1)C(=O)O. The molecule has 110 valence electrons. The monoisotopic (exact) mass is 278 g/mol. The molecule has 4 heteroatoms. The van der Waals surface area contributed by atoms with Gasteiger partial charge in [-0.15, -0.1) is 0 Å². The van der Waals surface area contributed by atoms with Crippen LogP contribution in [-0.2, 0) is 26.2 Å². The molecule has 0 aromatic heterocycles. The van der Waals surface area contributed by atoms with Gasteiger partial charge in [0.1, 0.15) is 0 Å². The van der Waals surface area contributed by atoms with E-state index in [2.05, 4.69) is 25.5 Å². The number of ether oxygens (including phenoxy) is 1. The molecule has 0 saturated heterocycles. The topological polar surface area (TPSA) is 63.6 Å². The Morgan fingerprint density at radius 1 is 1.10 bits per heavy atom. The average Bonchev–Trinajstić information content (AvgIpc) is 2.36. The summed E-state index contributed by atoms with van der Waals surface area (Å²) >= 11 is 0. The fourth-order valence-corrected chi connectivity index (χ4v) is 1.99. The third-order valence-corrected chi connectivity index (χ3v) is 3.49. The molecular weight excluding hydrogens is 256 g/mol. The summed E-state index contributed by atoms with van der Waals surface area (Å²) in [7, 11) is 1.20. The summed E-state index contributed by atoms with van der Waals surface area (Å²) in [5, 5.41) is 9.28. The van der Waals surface area contributed by atoms with Gasteiger partial charge in [0.15, 0.2) is 5.41 Å². The zero-order valence-electron chi connectivity index (χ0n) is 12.7. The van der Waals surface area contributed by atoms with Crippen molar-refractivity contribution < 1.29 is 19.4 Å². The number of rotatable bonds is 4. The van der Waals surface area contributed by atoms with Crippen LogP contribution >= 0.6 is 0 Å². The number of esters is 1. The van der Waals surface area contributed by atoms with Gasteiger partial charge in [0.2, 0.25) is 0 Å². The molecule has 0 aliphatic rings. The molecule has 0 amide bonds. The Bertz CT molecular complexity index is 496. The largest absolute Gasteiger partial charge is 0.480 e. The first-order chi connectivity index (χ1) is 9.11. The van der Waals surface area contributed by atoms with Crippen LogP contribution in [0.4, 0.5) is 0 Å². The minimum atomic E-state index is -1.56. The molecule has 1 atom stereocenters. The molecular formula is C16H22O4. The predicted molar refractivity (Wildman–Crippen MR) is 76.6 cm³/mol. The molecule has 20 heavy (non-hydrogen) atoms. The zero-order valence-corrected chi connectivity index (χ0v) is 12.7. The second kappa shape index (κ2) is 5.65. The van der Waals surface area contributed by atoms with Gasteiger partial charge < -0.3 is 9.84 Å². The lowest BCUT2D eigenvalue weighted by Crippen LogP contribution is -2.39. The molecule has 4 nitrogen and oxygen atoms in total. The van der Waals surface area contributed by atoms with Crippen molar-refractivity contribution in [3.05, 3.63) is 35.4 Å². The van der Waals surface area contributed by atoms with Crippen molar-refractivity contribution in [1.29, 1.82) is 0 Å². The van der Waals surface area contributed by atoms with Crippen molar-refractivity contribution in [1.82, 2.24) is 0 Å². The number of hydrogen-bond acceptors (Lipinski definition) is 3. The van der Waals surface area contributed by atoms with Crippen LogP contribution in [-0.4, -0.2) is 24.2 Å². The second-order valence-corrected chi connectivity index (χ2v) is 6.25. The summed E-state index contributed by atoms with van der Waals surface area (Å²) in [5.74, 6) is -1.91. The van der Waals surface area contributed by atoms with Gasteiger partial charge in [-0.3, -0.25) is 9.59 Å². The molecule has 0 bridgehead atoms. The molecule has 1 aromatic rings. The fourth-order valence-electron chi connectivity index (χ4n) is 1.99. The fraction of sp³-hybridized carbons (Fsp3) is 0.500.